The van der Waals surface area contributed by atoms with Crippen LogP contribution in [-0.4, -0.2) is 14.5 Å². The fourth-order valence-corrected chi connectivity index (χ4v) is 4.79. The Morgan fingerprint density at radius 3 is 2.60 bits per heavy atom. The monoisotopic (exact) mass is 330 g/mol. The van der Waals surface area contributed by atoms with Crippen LogP contribution in [-0.2, 0) is 23.1 Å². The average Bonchev–Trinajstić information content (AvgIpc) is 3.05. The van der Waals surface area contributed by atoms with Crippen molar-refractivity contribution in [1.82, 2.24) is 10.0 Å². The molecular weight excluding hydrogens is 312 g/mol. The maximum absolute atomic E-state index is 12.3. The van der Waals surface area contributed by atoms with Crippen LogP contribution >= 0.6 is 22.7 Å². The van der Waals surface area contributed by atoms with Crippen molar-refractivity contribution in [3.05, 3.63) is 38.7 Å². The molecule has 7 heteroatoms. The molecule has 2 aromatic heterocycles. The van der Waals surface area contributed by atoms with E-state index in [4.69, 9.17) is 0 Å². The highest BCUT2D eigenvalue weighted by molar-refractivity contribution is 7.89. The molecule has 0 aliphatic rings. The van der Waals surface area contributed by atoms with Gasteiger partial charge in [-0.25, -0.2) is 13.1 Å². The van der Waals surface area contributed by atoms with Crippen LogP contribution in [0.4, 0.5) is 0 Å². The van der Waals surface area contributed by atoms with E-state index in [1.54, 1.807) is 17.4 Å². The quantitative estimate of drug-likeness (QED) is 0.821. The van der Waals surface area contributed by atoms with Gasteiger partial charge >= 0.3 is 0 Å². The average molecular weight is 331 g/mol. The number of hydrogen-bond acceptors (Lipinski definition) is 5. The van der Waals surface area contributed by atoms with Crippen molar-refractivity contribution in [2.45, 2.75) is 37.9 Å². The molecule has 0 atom stereocenters. The molecule has 0 radical (unpaired) electrons. The summed E-state index contributed by atoms with van der Waals surface area (Å²) in [5.41, 5.74) is 0. The number of sulfonamides is 1. The van der Waals surface area contributed by atoms with E-state index in [2.05, 4.69) is 10.0 Å². The highest BCUT2D eigenvalue weighted by atomic mass is 32.2. The summed E-state index contributed by atoms with van der Waals surface area (Å²) in [6, 6.07) is 5.82. The lowest BCUT2D eigenvalue weighted by atomic mass is 10.4. The van der Waals surface area contributed by atoms with Gasteiger partial charge in [-0.1, -0.05) is 19.9 Å². The Kier molecular flexibility index (Phi) is 5.34. The van der Waals surface area contributed by atoms with Gasteiger partial charge in [0.2, 0.25) is 10.0 Å². The Bertz CT molecular complexity index is 630. The second-order valence-electron chi connectivity index (χ2n) is 4.65. The summed E-state index contributed by atoms with van der Waals surface area (Å²) < 4.78 is 27.3. The summed E-state index contributed by atoms with van der Waals surface area (Å²) >= 11 is 3.01. The minimum Gasteiger partial charge on any atom is -0.310 e. The molecule has 0 spiro atoms. The first-order valence-electron chi connectivity index (χ1n) is 6.31. The van der Waals surface area contributed by atoms with E-state index in [9.17, 15) is 8.42 Å². The molecule has 2 heterocycles. The van der Waals surface area contributed by atoms with Crippen LogP contribution in [0, 0.1) is 0 Å². The van der Waals surface area contributed by atoms with Crippen LogP contribution in [0.2, 0.25) is 0 Å². The molecule has 0 fully saturated rings. The predicted molar refractivity (Wildman–Crippen MR) is 84.6 cm³/mol. The smallest absolute Gasteiger partial charge is 0.242 e. The van der Waals surface area contributed by atoms with Crippen molar-refractivity contribution in [2.24, 2.45) is 0 Å². The number of rotatable bonds is 7. The predicted octanol–water partition coefficient (Wildman–Crippen LogP) is 2.79. The Hall–Kier alpha value is -0.730. The first-order valence-corrected chi connectivity index (χ1v) is 9.55. The summed E-state index contributed by atoms with van der Waals surface area (Å²) in [5.74, 6) is 0. The largest absolute Gasteiger partial charge is 0.310 e. The highest BCUT2D eigenvalue weighted by Gasteiger charge is 2.19. The van der Waals surface area contributed by atoms with Crippen molar-refractivity contribution >= 4 is 32.7 Å². The van der Waals surface area contributed by atoms with Gasteiger partial charge in [0.15, 0.2) is 0 Å². The molecule has 20 heavy (non-hydrogen) atoms. The van der Waals surface area contributed by atoms with Crippen LogP contribution in [0.3, 0.4) is 0 Å². The van der Waals surface area contributed by atoms with E-state index < -0.39 is 10.0 Å². The first-order chi connectivity index (χ1) is 9.49. The van der Waals surface area contributed by atoms with E-state index in [1.165, 1.54) is 11.3 Å². The van der Waals surface area contributed by atoms with Gasteiger partial charge in [0.25, 0.3) is 0 Å². The number of nitrogens with one attached hydrogen (secondary N) is 2. The normalized spacial score (nSPS) is 12.2. The topological polar surface area (TPSA) is 58.2 Å². The molecular formula is C13H18N2O2S3. The Labute approximate surface area is 127 Å². The second-order valence-corrected chi connectivity index (χ2v) is 8.42. The van der Waals surface area contributed by atoms with E-state index in [0.29, 0.717) is 24.0 Å². The van der Waals surface area contributed by atoms with Crippen LogP contribution in [0.15, 0.2) is 33.9 Å². The van der Waals surface area contributed by atoms with Gasteiger partial charge in [-0.2, -0.15) is 0 Å². The summed E-state index contributed by atoms with van der Waals surface area (Å²) in [6.45, 7) is 4.99. The third-order valence-electron chi connectivity index (χ3n) is 2.68. The summed E-state index contributed by atoms with van der Waals surface area (Å²) in [4.78, 5) is 2.23. The van der Waals surface area contributed by atoms with Gasteiger partial charge in [0.05, 0.1) is 4.90 Å². The molecule has 2 rings (SSSR count). The van der Waals surface area contributed by atoms with Crippen molar-refractivity contribution < 1.29 is 8.42 Å². The SMILES string of the molecule is CC(C)NCc1sccc1S(=O)(=O)NCc1cccs1. The van der Waals surface area contributed by atoms with Crippen LogP contribution in [0.5, 0.6) is 0 Å². The molecule has 0 unspecified atom stereocenters. The molecule has 2 aromatic rings. The van der Waals surface area contributed by atoms with Gasteiger partial charge in [-0.05, 0) is 22.9 Å². The highest BCUT2D eigenvalue weighted by Crippen LogP contribution is 2.22. The second kappa shape index (κ2) is 6.82. The molecule has 0 saturated carbocycles. The van der Waals surface area contributed by atoms with Gasteiger partial charge in [-0.15, -0.1) is 22.7 Å². The number of hydrogen-bond donors (Lipinski definition) is 2. The van der Waals surface area contributed by atoms with E-state index in [1.807, 2.05) is 36.7 Å². The molecule has 2 N–H and O–H groups in total. The van der Waals surface area contributed by atoms with E-state index in [0.717, 1.165) is 9.75 Å². The Balaban J connectivity index is 2.07. The minimum atomic E-state index is -3.44. The lowest BCUT2D eigenvalue weighted by Crippen LogP contribution is -2.26. The fourth-order valence-electron chi connectivity index (χ4n) is 1.65. The lowest BCUT2D eigenvalue weighted by molar-refractivity contribution is 0.572. The minimum absolute atomic E-state index is 0.326. The summed E-state index contributed by atoms with van der Waals surface area (Å²) in [7, 11) is -3.44. The zero-order valence-corrected chi connectivity index (χ0v) is 13.9. The van der Waals surface area contributed by atoms with E-state index in [-0.39, 0.29) is 0 Å². The zero-order chi connectivity index (χ0) is 14.6. The van der Waals surface area contributed by atoms with Gasteiger partial charge in [0, 0.05) is 28.9 Å². The molecule has 0 aliphatic heterocycles. The maximum atomic E-state index is 12.3. The maximum Gasteiger partial charge on any atom is 0.242 e. The Morgan fingerprint density at radius 2 is 1.95 bits per heavy atom. The summed E-state index contributed by atoms with van der Waals surface area (Å²) in [6.07, 6.45) is 0. The molecule has 0 amide bonds. The van der Waals surface area contributed by atoms with Crippen molar-refractivity contribution in [1.29, 1.82) is 0 Å². The van der Waals surface area contributed by atoms with E-state index >= 15 is 0 Å². The van der Waals surface area contributed by atoms with Gasteiger partial charge in [-0.3, -0.25) is 0 Å². The van der Waals surface area contributed by atoms with Crippen LogP contribution in [0.25, 0.3) is 0 Å². The molecule has 0 aliphatic carbocycles. The third-order valence-corrected chi connectivity index (χ3v) is 6.09. The van der Waals surface area contributed by atoms with Gasteiger partial charge in [0.1, 0.15) is 0 Å². The summed E-state index contributed by atoms with van der Waals surface area (Å²) in [5, 5.41) is 7.00. The van der Waals surface area contributed by atoms with Crippen LogP contribution < -0.4 is 10.0 Å². The fraction of sp³-hybridized carbons (Fsp3) is 0.385. The molecule has 0 bridgehead atoms. The molecule has 110 valence electrons. The third kappa shape index (κ3) is 4.13. The molecule has 0 aromatic carbocycles. The lowest BCUT2D eigenvalue weighted by Gasteiger charge is -2.10. The standard InChI is InChI=1S/C13H18N2O2S3/c1-10(2)14-9-12-13(5-7-19-12)20(16,17)15-8-11-4-3-6-18-11/h3-7,10,14-15H,8-9H2,1-2H3. The first kappa shape index (κ1) is 15.7. The van der Waals surface area contributed by atoms with Crippen molar-refractivity contribution in [2.75, 3.05) is 0 Å². The Morgan fingerprint density at radius 1 is 1.15 bits per heavy atom. The zero-order valence-electron chi connectivity index (χ0n) is 11.4. The van der Waals surface area contributed by atoms with Crippen molar-refractivity contribution in [3.8, 4) is 0 Å². The van der Waals surface area contributed by atoms with Crippen molar-refractivity contribution in [3.63, 3.8) is 0 Å². The molecule has 4 nitrogen and oxygen atoms in total. The van der Waals surface area contributed by atoms with Gasteiger partial charge < -0.3 is 5.32 Å². The van der Waals surface area contributed by atoms with Crippen LogP contribution in [0.1, 0.15) is 23.6 Å². The number of thiophene rings is 2. The molecule has 0 saturated heterocycles.